The molecule has 0 aliphatic heterocycles. The zero-order valence-electron chi connectivity index (χ0n) is 17.3. The number of carbonyl (C=O) groups is 1. The Labute approximate surface area is 183 Å². The van der Waals surface area contributed by atoms with Gasteiger partial charge in [-0.15, -0.1) is 0 Å². The molecule has 30 heavy (non-hydrogen) atoms. The van der Waals surface area contributed by atoms with E-state index in [2.05, 4.69) is 36.4 Å². The van der Waals surface area contributed by atoms with Gasteiger partial charge in [0, 0.05) is 12.0 Å². The molecule has 0 N–H and O–H groups in total. The first-order chi connectivity index (χ1) is 14.6. The number of aryl methyl sites for hydroxylation is 1. The van der Waals surface area contributed by atoms with Gasteiger partial charge in [-0.05, 0) is 65.3 Å². The van der Waals surface area contributed by atoms with Crippen LogP contribution in [0.25, 0.3) is 21.9 Å². The number of fused-ring (bicyclic) bond motifs is 1. The summed E-state index contributed by atoms with van der Waals surface area (Å²) < 4.78 is 11.1. The first kappa shape index (κ1) is 20.7. The lowest BCUT2D eigenvalue weighted by Crippen LogP contribution is -2.09. The quantitative estimate of drug-likeness (QED) is 0.391. The molecule has 0 spiro atoms. The Morgan fingerprint density at radius 3 is 2.57 bits per heavy atom. The molecule has 4 heteroatoms. The minimum atomic E-state index is -0.222. The van der Waals surface area contributed by atoms with Gasteiger partial charge >= 0.3 is 5.97 Å². The van der Waals surface area contributed by atoms with Crippen molar-refractivity contribution in [1.29, 1.82) is 0 Å². The van der Waals surface area contributed by atoms with Crippen molar-refractivity contribution in [3.05, 3.63) is 65.2 Å². The normalized spacial score (nSPS) is 14.2. The Kier molecular flexibility index (Phi) is 6.59. The highest BCUT2D eigenvalue weighted by molar-refractivity contribution is 6.32. The van der Waals surface area contributed by atoms with Crippen molar-refractivity contribution in [2.24, 2.45) is 5.92 Å². The van der Waals surface area contributed by atoms with Gasteiger partial charge in [0.2, 0.25) is 0 Å². The molecule has 4 rings (SSSR count). The van der Waals surface area contributed by atoms with E-state index >= 15 is 0 Å². The van der Waals surface area contributed by atoms with Crippen LogP contribution in [0.1, 0.15) is 37.7 Å². The fourth-order valence-corrected chi connectivity index (χ4v) is 4.54. The van der Waals surface area contributed by atoms with Crippen molar-refractivity contribution in [3.63, 3.8) is 0 Å². The molecule has 1 aliphatic rings. The van der Waals surface area contributed by atoms with Gasteiger partial charge in [0.25, 0.3) is 0 Å². The highest BCUT2D eigenvalue weighted by atomic mass is 35.5. The molecule has 0 amide bonds. The number of methoxy groups -OCH3 is 1. The summed E-state index contributed by atoms with van der Waals surface area (Å²) in [5, 5.41) is 2.97. The Bertz CT molecular complexity index is 1040. The third-order valence-corrected chi connectivity index (χ3v) is 6.23. The highest BCUT2D eigenvalue weighted by Crippen LogP contribution is 2.40. The Hall–Kier alpha value is -2.52. The molecule has 0 radical (unpaired) electrons. The summed E-state index contributed by atoms with van der Waals surface area (Å²) >= 11 is 6.70. The van der Waals surface area contributed by atoms with Crippen LogP contribution < -0.4 is 4.74 Å². The van der Waals surface area contributed by atoms with E-state index in [1.165, 1.54) is 43.6 Å². The van der Waals surface area contributed by atoms with E-state index in [-0.39, 0.29) is 5.97 Å². The lowest BCUT2D eigenvalue weighted by Gasteiger charge is -2.18. The van der Waals surface area contributed by atoms with Crippen molar-refractivity contribution in [2.45, 2.75) is 38.5 Å². The second kappa shape index (κ2) is 9.53. The predicted molar refractivity (Wildman–Crippen MR) is 122 cm³/mol. The number of esters is 1. The van der Waals surface area contributed by atoms with E-state index in [1.54, 1.807) is 0 Å². The standard InChI is InChI=1S/C26H27ClO3/c1-29-25(28)13-10-19-14-23(22-12-11-20-8-4-5-9-21(20)16-22)26(24(27)15-19)30-17-18-6-2-3-7-18/h4-5,8-9,11-12,14-16,18H,2-3,6-7,10,13,17H2,1H3. The van der Waals surface area contributed by atoms with Crippen LogP contribution in [0, 0.1) is 5.92 Å². The number of rotatable bonds is 7. The van der Waals surface area contributed by atoms with Gasteiger partial charge < -0.3 is 9.47 Å². The Morgan fingerprint density at radius 2 is 1.80 bits per heavy atom. The van der Waals surface area contributed by atoms with Gasteiger partial charge in [-0.1, -0.05) is 60.8 Å². The van der Waals surface area contributed by atoms with E-state index < -0.39 is 0 Å². The average molecular weight is 423 g/mol. The number of halogens is 1. The average Bonchev–Trinajstić information content (AvgIpc) is 3.29. The van der Waals surface area contributed by atoms with Crippen molar-refractivity contribution >= 4 is 28.3 Å². The highest BCUT2D eigenvalue weighted by Gasteiger charge is 2.19. The fraction of sp³-hybridized carbons (Fsp3) is 0.346. The zero-order chi connectivity index (χ0) is 20.9. The van der Waals surface area contributed by atoms with Crippen LogP contribution in [0.4, 0.5) is 0 Å². The molecule has 0 bridgehead atoms. The van der Waals surface area contributed by atoms with Crippen LogP contribution >= 0.6 is 11.6 Å². The molecule has 156 valence electrons. The van der Waals surface area contributed by atoms with Crippen molar-refractivity contribution in [2.75, 3.05) is 13.7 Å². The number of hydrogen-bond donors (Lipinski definition) is 0. The SMILES string of the molecule is COC(=O)CCc1cc(Cl)c(OCC2CCCC2)c(-c2ccc3ccccc3c2)c1. The summed E-state index contributed by atoms with van der Waals surface area (Å²) in [6.07, 6.45) is 5.92. The van der Waals surface area contributed by atoms with Gasteiger partial charge in [-0.25, -0.2) is 0 Å². The van der Waals surface area contributed by atoms with E-state index in [0.29, 0.717) is 30.4 Å². The maximum Gasteiger partial charge on any atom is 0.305 e. The molecule has 1 aliphatic carbocycles. The monoisotopic (exact) mass is 422 g/mol. The second-order valence-corrected chi connectivity index (χ2v) is 8.46. The summed E-state index contributed by atoms with van der Waals surface area (Å²) in [5.74, 6) is 1.12. The van der Waals surface area contributed by atoms with Crippen LogP contribution in [0.3, 0.4) is 0 Å². The van der Waals surface area contributed by atoms with Crippen LogP contribution in [-0.4, -0.2) is 19.7 Å². The summed E-state index contributed by atoms with van der Waals surface area (Å²) in [7, 11) is 1.41. The Morgan fingerprint density at radius 1 is 1.03 bits per heavy atom. The number of carbonyl (C=O) groups excluding carboxylic acids is 1. The van der Waals surface area contributed by atoms with Gasteiger partial charge in [-0.2, -0.15) is 0 Å². The summed E-state index contributed by atoms with van der Waals surface area (Å²) in [6.45, 7) is 0.696. The molecule has 0 unspecified atom stereocenters. The Balaban J connectivity index is 1.70. The van der Waals surface area contributed by atoms with Gasteiger partial charge in [0.1, 0.15) is 5.75 Å². The lowest BCUT2D eigenvalue weighted by molar-refractivity contribution is -0.140. The third-order valence-electron chi connectivity index (χ3n) is 5.95. The van der Waals surface area contributed by atoms with Crippen LogP contribution in [0.15, 0.2) is 54.6 Å². The predicted octanol–water partition coefficient (Wildman–Crippen LogP) is 6.83. The van der Waals surface area contributed by atoms with Gasteiger partial charge in [-0.3, -0.25) is 4.79 Å². The molecule has 3 aromatic carbocycles. The lowest BCUT2D eigenvalue weighted by atomic mass is 9.97. The fourth-order valence-electron chi connectivity index (χ4n) is 4.24. The smallest absolute Gasteiger partial charge is 0.305 e. The van der Waals surface area contributed by atoms with Crippen LogP contribution in [0.5, 0.6) is 5.75 Å². The number of ether oxygens (including phenoxy) is 2. The maximum absolute atomic E-state index is 11.6. The van der Waals surface area contributed by atoms with E-state index in [0.717, 1.165) is 22.4 Å². The molecule has 0 saturated heterocycles. The largest absolute Gasteiger partial charge is 0.491 e. The van der Waals surface area contributed by atoms with Crippen molar-refractivity contribution in [1.82, 2.24) is 0 Å². The summed E-state index contributed by atoms with van der Waals surface area (Å²) in [4.78, 5) is 11.6. The first-order valence-corrected chi connectivity index (χ1v) is 11.0. The maximum atomic E-state index is 11.6. The molecule has 0 aromatic heterocycles. The molecule has 3 nitrogen and oxygen atoms in total. The van der Waals surface area contributed by atoms with E-state index in [4.69, 9.17) is 21.1 Å². The number of benzene rings is 3. The second-order valence-electron chi connectivity index (χ2n) is 8.05. The molecule has 1 fully saturated rings. The summed E-state index contributed by atoms with van der Waals surface area (Å²) in [6, 6.07) is 18.7. The topological polar surface area (TPSA) is 35.5 Å². The first-order valence-electron chi connectivity index (χ1n) is 10.7. The molecule has 3 aromatic rings. The van der Waals surface area contributed by atoms with Crippen molar-refractivity contribution in [3.8, 4) is 16.9 Å². The molecular formula is C26H27ClO3. The minimum absolute atomic E-state index is 0.222. The van der Waals surface area contributed by atoms with Gasteiger partial charge in [0.15, 0.2) is 0 Å². The zero-order valence-corrected chi connectivity index (χ0v) is 18.1. The number of hydrogen-bond acceptors (Lipinski definition) is 3. The molecule has 0 heterocycles. The molecule has 1 saturated carbocycles. The van der Waals surface area contributed by atoms with E-state index in [9.17, 15) is 4.79 Å². The van der Waals surface area contributed by atoms with E-state index in [1.807, 2.05) is 18.2 Å². The molecular weight excluding hydrogens is 396 g/mol. The van der Waals surface area contributed by atoms with Gasteiger partial charge in [0.05, 0.1) is 18.7 Å². The summed E-state index contributed by atoms with van der Waals surface area (Å²) in [5.41, 5.74) is 3.05. The third kappa shape index (κ3) is 4.79. The minimum Gasteiger partial charge on any atom is -0.491 e. The van der Waals surface area contributed by atoms with Crippen LogP contribution in [0.2, 0.25) is 5.02 Å². The van der Waals surface area contributed by atoms with Crippen molar-refractivity contribution < 1.29 is 14.3 Å². The molecule has 0 atom stereocenters. The van der Waals surface area contributed by atoms with Crippen LogP contribution in [-0.2, 0) is 16.0 Å².